The Balaban J connectivity index is 1.76. The summed E-state index contributed by atoms with van der Waals surface area (Å²) in [6, 6.07) is 14.1. The van der Waals surface area contributed by atoms with Gasteiger partial charge in [0.2, 0.25) is 0 Å². The van der Waals surface area contributed by atoms with Crippen molar-refractivity contribution in [2.24, 2.45) is 5.10 Å². The lowest BCUT2D eigenvalue weighted by Gasteiger charge is -2.13. The van der Waals surface area contributed by atoms with E-state index in [0.717, 1.165) is 22.2 Å². The van der Waals surface area contributed by atoms with Gasteiger partial charge in [-0.25, -0.2) is 0 Å². The first kappa shape index (κ1) is 24.0. The maximum atomic E-state index is 11.2. The molecule has 0 heterocycles. The zero-order chi connectivity index (χ0) is 24.0. The second kappa shape index (κ2) is 10.7. The number of benzene rings is 3. The summed E-state index contributed by atoms with van der Waals surface area (Å²) in [4.78, 5) is 20.6. The first-order valence-corrected chi connectivity index (χ1v) is 10.4. The Labute approximate surface area is 201 Å². The maximum absolute atomic E-state index is 11.2. The third-order valence-corrected chi connectivity index (χ3v) is 5.15. The number of non-ortho nitro benzene ring substituents is 1. The summed E-state index contributed by atoms with van der Waals surface area (Å²) in [6.07, 6.45) is 1.37. The standard InChI is InChI=1S/C21H16BrClN4O6/c1-32-20-9-14(8-17(23)21(20)33-12-13-2-4-15(22)5-3-13)11-24-25-18-7-6-16(26(28)29)10-19(18)27(30)31/h2-11,25H,12H2,1H3/b24-11+. The quantitative estimate of drug-likeness (QED) is 0.203. The van der Waals surface area contributed by atoms with Gasteiger partial charge in [-0.2, -0.15) is 5.10 Å². The molecule has 0 bridgehead atoms. The molecule has 0 aromatic heterocycles. The van der Waals surface area contributed by atoms with Crippen molar-refractivity contribution in [1.82, 2.24) is 0 Å². The van der Waals surface area contributed by atoms with E-state index in [1.54, 1.807) is 12.1 Å². The number of anilines is 1. The van der Waals surface area contributed by atoms with Crippen molar-refractivity contribution in [3.05, 3.63) is 95.4 Å². The van der Waals surface area contributed by atoms with Crippen molar-refractivity contribution in [1.29, 1.82) is 0 Å². The van der Waals surface area contributed by atoms with E-state index in [0.29, 0.717) is 17.1 Å². The van der Waals surface area contributed by atoms with E-state index >= 15 is 0 Å². The van der Waals surface area contributed by atoms with Crippen LogP contribution in [0.5, 0.6) is 11.5 Å². The fraction of sp³-hybridized carbons (Fsp3) is 0.0952. The lowest BCUT2D eigenvalue weighted by Crippen LogP contribution is -2.00. The molecule has 3 aromatic carbocycles. The van der Waals surface area contributed by atoms with Gasteiger partial charge in [0.25, 0.3) is 5.69 Å². The van der Waals surface area contributed by atoms with E-state index in [1.807, 2.05) is 24.3 Å². The number of halogens is 2. The van der Waals surface area contributed by atoms with Crippen LogP contribution in [0.25, 0.3) is 0 Å². The smallest absolute Gasteiger partial charge is 0.301 e. The molecule has 0 aliphatic rings. The van der Waals surface area contributed by atoms with Gasteiger partial charge >= 0.3 is 5.69 Å². The number of nitrogens with zero attached hydrogens (tertiary/aromatic N) is 3. The molecule has 0 atom stereocenters. The van der Waals surface area contributed by atoms with Crippen LogP contribution in [0.2, 0.25) is 5.02 Å². The molecule has 0 aliphatic carbocycles. The highest BCUT2D eigenvalue weighted by atomic mass is 79.9. The van der Waals surface area contributed by atoms with Crippen molar-refractivity contribution < 1.29 is 19.3 Å². The molecule has 0 spiro atoms. The van der Waals surface area contributed by atoms with Gasteiger partial charge in [-0.3, -0.25) is 25.7 Å². The molecule has 0 amide bonds. The van der Waals surface area contributed by atoms with Gasteiger partial charge < -0.3 is 9.47 Å². The fourth-order valence-corrected chi connectivity index (χ4v) is 3.28. The lowest BCUT2D eigenvalue weighted by atomic mass is 10.2. The predicted octanol–water partition coefficient (Wildman–Crippen LogP) is 5.95. The monoisotopic (exact) mass is 534 g/mol. The third kappa shape index (κ3) is 6.18. The van der Waals surface area contributed by atoms with Crippen LogP contribution in [0.3, 0.4) is 0 Å². The first-order chi connectivity index (χ1) is 15.8. The van der Waals surface area contributed by atoms with Crippen LogP contribution in [0.4, 0.5) is 17.1 Å². The van der Waals surface area contributed by atoms with E-state index < -0.39 is 21.2 Å². The van der Waals surface area contributed by atoms with Crippen LogP contribution in [-0.2, 0) is 6.61 Å². The number of nitrogens with one attached hydrogen (secondary N) is 1. The van der Waals surface area contributed by atoms with Crippen LogP contribution in [0, 0.1) is 20.2 Å². The van der Waals surface area contributed by atoms with Crippen LogP contribution in [0.1, 0.15) is 11.1 Å². The maximum Gasteiger partial charge on any atom is 0.301 e. The molecular formula is C21H16BrClN4O6. The molecule has 0 aliphatic heterocycles. The zero-order valence-electron chi connectivity index (χ0n) is 17.0. The molecule has 0 unspecified atom stereocenters. The number of hydrogen-bond donors (Lipinski definition) is 1. The van der Waals surface area contributed by atoms with E-state index in [-0.39, 0.29) is 17.3 Å². The Morgan fingerprint density at radius 3 is 2.45 bits per heavy atom. The molecule has 170 valence electrons. The Hall–Kier alpha value is -3.70. The highest BCUT2D eigenvalue weighted by molar-refractivity contribution is 9.10. The summed E-state index contributed by atoms with van der Waals surface area (Å²) in [5.74, 6) is 0.737. The van der Waals surface area contributed by atoms with Gasteiger partial charge in [0, 0.05) is 10.5 Å². The Kier molecular flexibility index (Phi) is 7.80. The highest BCUT2D eigenvalue weighted by Crippen LogP contribution is 2.37. The number of hydrazone groups is 1. The average molecular weight is 536 g/mol. The summed E-state index contributed by atoms with van der Waals surface area (Å²) in [7, 11) is 1.47. The molecule has 0 fully saturated rings. The van der Waals surface area contributed by atoms with Crippen LogP contribution in [0.15, 0.2) is 64.2 Å². The van der Waals surface area contributed by atoms with E-state index in [2.05, 4.69) is 26.5 Å². The summed E-state index contributed by atoms with van der Waals surface area (Å²) in [6.45, 7) is 0.280. The van der Waals surface area contributed by atoms with Crippen molar-refractivity contribution in [3.63, 3.8) is 0 Å². The van der Waals surface area contributed by atoms with Gasteiger partial charge in [0.1, 0.15) is 12.3 Å². The topological polar surface area (TPSA) is 129 Å². The summed E-state index contributed by atoms with van der Waals surface area (Å²) < 4.78 is 12.2. The first-order valence-electron chi connectivity index (χ1n) is 9.25. The van der Waals surface area contributed by atoms with Crippen molar-refractivity contribution in [2.45, 2.75) is 6.61 Å². The third-order valence-electron chi connectivity index (χ3n) is 4.34. The van der Waals surface area contributed by atoms with Crippen molar-refractivity contribution in [2.75, 3.05) is 12.5 Å². The molecule has 3 rings (SSSR count). The second-order valence-electron chi connectivity index (χ2n) is 6.53. The van der Waals surface area contributed by atoms with Gasteiger partial charge in [-0.15, -0.1) is 0 Å². The van der Waals surface area contributed by atoms with Crippen LogP contribution >= 0.6 is 27.5 Å². The molecule has 12 heteroatoms. The molecule has 3 aromatic rings. The molecule has 0 saturated heterocycles. The number of nitro groups is 2. The zero-order valence-corrected chi connectivity index (χ0v) is 19.4. The minimum atomic E-state index is -0.734. The number of rotatable bonds is 9. The molecular weight excluding hydrogens is 520 g/mol. The Morgan fingerprint density at radius 1 is 1.09 bits per heavy atom. The molecule has 33 heavy (non-hydrogen) atoms. The van der Waals surface area contributed by atoms with Gasteiger partial charge in [0.05, 0.1) is 34.3 Å². The second-order valence-corrected chi connectivity index (χ2v) is 7.86. The molecule has 1 N–H and O–H groups in total. The highest BCUT2D eigenvalue weighted by Gasteiger charge is 2.19. The van der Waals surface area contributed by atoms with E-state index in [9.17, 15) is 20.2 Å². The summed E-state index contributed by atoms with van der Waals surface area (Å²) in [5, 5.41) is 26.3. The predicted molar refractivity (Wildman–Crippen MR) is 127 cm³/mol. The molecule has 0 radical (unpaired) electrons. The lowest BCUT2D eigenvalue weighted by molar-refractivity contribution is -0.393. The minimum absolute atomic E-state index is 0.00522. The number of ether oxygens (including phenoxy) is 2. The van der Waals surface area contributed by atoms with Crippen molar-refractivity contribution in [3.8, 4) is 11.5 Å². The molecule has 10 nitrogen and oxygen atoms in total. The number of hydrogen-bond acceptors (Lipinski definition) is 8. The average Bonchev–Trinajstić information content (AvgIpc) is 2.79. The Morgan fingerprint density at radius 2 is 1.82 bits per heavy atom. The number of nitro benzene ring substituents is 2. The minimum Gasteiger partial charge on any atom is -0.493 e. The summed E-state index contributed by atoms with van der Waals surface area (Å²) in [5.41, 5.74) is 3.11. The van der Waals surface area contributed by atoms with Gasteiger partial charge in [0.15, 0.2) is 11.5 Å². The van der Waals surface area contributed by atoms with Crippen LogP contribution in [-0.4, -0.2) is 23.2 Å². The Bertz CT molecular complexity index is 1220. The normalized spacial score (nSPS) is 10.8. The van der Waals surface area contributed by atoms with Crippen LogP contribution < -0.4 is 14.9 Å². The fourth-order valence-electron chi connectivity index (χ4n) is 2.75. The van der Waals surface area contributed by atoms with Crippen molar-refractivity contribution >= 4 is 50.8 Å². The SMILES string of the molecule is COc1cc(/C=N/Nc2ccc([N+](=O)[O-])cc2[N+](=O)[O-])cc(Cl)c1OCc1ccc(Br)cc1. The van der Waals surface area contributed by atoms with E-state index in [4.69, 9.17) is 21.1 Å². The van der Waals surface area contributed by atoms with Gasteiger partial charge in [-0.05, 0) is 41.5 Å². The largest absolute Gasteiger partial charge is 0.493 e. The summed E-state index contributed by atoms with van der Waals surface area (Å²) >= 11 is 9.75. The van der Waals surface area contributed by atoms with Gasteiger partial charge in [-0.1, -0.05) is 39.7 Å². The molecule has 0 saturated carbocycles. The number of methoxy groups -OCH3 is 1. The van der Waals surface area contributed by atoms with E-state index in [1.165, 1.54) is 19.4 Å².